The molecule has 1 amide bonds. The predicted octanol–water partition coefficient (Wildman–Crippen LogP) is 1.72. The van der Waals surface area contributed by atoms with Crippen LogP contribution in [0.1, 0.15) is 16.1 Å². The van der Waals surface area contributed by atoms with Crippen LogP contribution in [0.25, 0.3) is 0 Å². The highest BCUT2D eigenvalue weighted by molar-refractivity contribution is 6.36. The monoisotopic (exact) mass is 299 g/mol. The third kappa shape index (κ3) is 3.21. The van der Waals surface area contributed by atoms with E-state index in [9.17, 15) is 4.79 Å². The molecule has 0 aliphatic carbocycles. The molecule has 7 nitrogen and oxygen atoms in total. The molecule has 98 valence electrons. The number of nitrogen functional groups attached to an aromatic ring is 1. The van der Waals surface area contributed by atoms with Gasteiger partial charge in [-0.1, -0.05) is 29.3 Å². The van der Waals surface area contributed by atoms with Gasteiger partial charge in [-0.25, -0.2) is 10.1 Å². The van der Waals surface area contributed by atoms with Crippen molar-refractivity contribution >= 4 is 41.1 Å². The molecular weight excluding hydrogens is 293 g/mol. The number of nitrogens with zero attached hydrogens (tertiary/aromatic N) is 3. The number of rotatable bonds is 3. The number of amides is 1. The second kappa shape index (κ2) is 5.68. The van der Waals surface area contributed by atoms with Crippen LogP contribution in [0.5, 0.6) is 0 Å². The van der Waals surface area contributed by atoms with Gasteiger partial charge in [-0.2, -0.15) is 5.10 Å². The van der Waals surface area contributed by atoms with Gasteiger partial charge in [0.25, 0.3) is 5.91 Å². The number of halogens is 2. The summed E-state index contributed by atoms with van der Waals surface area (Å²) >= 11 is 11.7. The largest absolute Gasteiger partial charge is 0.379 e. The second-order valence-corrected chi connectivity index (χ2v) is 4.21. The third-order valence-corrected chi connectivity index (χ3v) is 2.62. The number of carbonyl (C=O) groups excluding carboxylic acids is 1. The minimum Gasteiger partial charge on any atom is -0.379 e. The van der Waals surface area contributed by atoms with E-state index in [2.05, 4.69) is 25.5 Å². The maximum atomic E-state index is 11.5. The van der Waals surface area contributed by atoms with E-state index in [-0.39, 0.29) is 11.5 Å². The smallest absolute Gasteiger partial charge is 0.297 e. The Morgan fingerprint density at radius 2 is 2.21 bits per heavy atom. The maximum absolute atomic E-state index is 11.5. The summed E-state index contributed by atoms with van der Waals surface area (Å²) < 4.78 is 4.29. The fraction of sp³-hybridized carbons (Fsp3) is 0. The first-order chi connectivity index (χ1) is 9.08. The van der Waals surface area contributed by atoms with E-state index in [1.54, 1.807) is 18.2 Å². The Bertz CT molecular complexity index is 641. The molecular formula is C10H7Cl2N5O2. The van der Waals surface area contributed by atoms with E-state index in [0.717, 1.165) is 0 Å². The fourth-order valence-corrected chi connectivity index (χ4v) is 1.63. The lowest BCUT2D eigenvalue weighted by atomic mass is 10.2. The van der Waals surface area contributed by atoms with E-state index in [0.29, 0.717) is 15.6 Å². The fourth-order valence-electron chi connectivity index (χ4n) is 1.17. The number of carbonyl (C=O) groups is 1. The number of hydrazone groups is 1. The lowest BCUT2D eigenvalue weighted by molar-refractivity contribution is 0.0946. The van der Waals surface area contributed by atoms with Crippen LogP contribution in [-0.4, -0.2) is 22.4 Å². The molecule has 2 rings (SSSR count). The van der Waals surface area contributed by atoms with Crippen molar-refractivity contribution in [2.24, 2.45) is 5.10 Å². The van der Waals surface area contributed by atoms with Crippen LogP contribution in [-0.2, 0) is 0 Å². The standard InChI is InChI=1S/C10H7Cl2N5O2/c11-6-2-1-5(7(12)3-6)4-14-15-10(18)8-9(13)17-19-16-8/h1-4H,(H2,13,17)(H,15,18). The Morgan fingerprint density at radius 3 is 2.84 bits per heavy atom. The molecule has 0 aliphatic heterocycles. The molecule has 1 aromatic carbocycles. The molecule has 0 radical (unpaired) electrons. The van der Waals surface area contributed by atoms with Crippen LogP contribution in [0.15, 0.2) is 27.9 Å². The van der Waals surface area contributed by atoms with Crippen LogP contribution < -0.4 is 11.2 Å². The van der Waals surface area contributed by atoms with Crippen molar-refractivity contribution in [3.8, 4) is 0 Å². The Labute approximate surface area is 117 Å². The Hall–Kier alpha value is -2.12. The lowest BCUT2D eigenvalue weighted by Crippen LogP contribution is -2.19. The van der Waals surface area contributed by atoms with Crippen molar-refractivity contribution in [3.63, 3.8) is 0 Å². The van der Waals surface area contributed by atoms with Gasteiger partial charge in [0.2, 0.25) is 11.5 Å². The number of nitrogens with two attached hydrogens (primary N) is 1. The van der Waals surface area contributed by atoms with Crippen LogP contribution >= 0.6 is 23.2 Å². The Kier molecular flexibility index (Phi) is 3.98. The highest BCUT2D eigenvalue weighted by Crippen LogP contribution is 2.19. The van der Waals surface area contributed by atoms with Gasteiger partial charge in [-0.3, -0.25) is 4.79 Å². The average Bonchev–Trinajstić information content (AvgIpc) is 2.78. The molecule has 0 unspecified atom stereocenters. The summed E-state index contributed by atoms with van der Waals surface area (Å²) in [5.41, 5.74) is 8.02. The number of hydrogen-bond donors (Lipinski definition) is 2. The van der Waals surface area contributed by atoms with E-state index < -0.39 is 5.91 Å². The van der Waals surface area contributed by atoms with Crippen LogP contribution in [0, 0.1) is 0 Å². The summed E-state index contributed by atoms with van der Waals surface area (Å²) in [5, 5.41) is 11.2. The molecule has 3 N–H and O–H groups in total. The van der Waals surface area contributed by atoms with Gasteiger partial charge >= 0.3 is 0 Å². The van der Waals surface area contributed by atoms with E-state index >= 15 is 0 Å². The number of anilines is 1. The first kappa shape index (κ1) is 13.3. The van der Waals surface area contributed by atoms with E-state index in [1.165, 1.54) is 6.21 Å². The number of nitrogens with one attached hydrogen (secondary N) is 1. The summed E-state index contributed by atoms with van der Waals surface area (Å²) in [4.78, 5) is 11.5. The van der Waals surface area contributed by atoms with Crippen LogP contribution in [0.2, 0.25) is 10.0 Å². The number of hydrogen-bond acceptors (Lipinski definition) is 6. The first-order valence-corrected chi connectivity index (χ1v) is 5.70. The molecule has 1 heterocycles. The molecule has 0 bridgehead atoms. The summed E-state index contributed by atoms with van der Waals surface area (Å²) in [6.07, 6.45) is 1.36. The van der Waals surface area contributed by atoms with Crippen molar-refractivity contribution in [2.75, 3.05) is 5.73 Å². The second-order valence-electron chi connectivity index (χ2n) is 3.36. The molecule has 2 aromatic rings. The predicted molar refractivity (Wildman–Crippen MR) is 70.2 cm³/mol. The lowest BCUT2D eigenvalue weighted by Gasteiger charge is -1.98. The molecule has 0 aliphatic rings. The van der Waals surface area contributed by atoms with E-state index in [1.807, 2.05) is 0 Å². The van der Waals surface area contributed by atoms with Gasteiger partial charge in [-0.15, -0.1) is 0 Å². The summed E-state index contributed by atoms with van der Waals surface area (Å²) in [5.74, 6) is -0.752. The van der Waals surface area contributed by atoms with Crippen molar-refractivity contribution in [3.05, 3.63) is 39.5 Å². The SMILES string of the molecule is Nc1nonc1C(=O)NN=Cc1ccc(Cl)cc1Cl. The summed E-state index contributed by atoms with van der Waals surface area (Å²) in [6, 6.07) is 4.87. The zero-order chi connectivity index (χ0) is 13.8. The normalized spacial score (nSPS) is 10.8. The maximum Gasteiger partial charge on any atom is 0.297 e. The van der Waals surface area contributed by atoms with Crippen molar-refractivity contribution < 1.29 is 9.42 Å². The quantitative estimate of drug-likeness (QED) is 0.663. The minimum atomic E-state index is -0.639. The van der Waals surface area contributed by atoms with Crippen molar-refractivity contribution in [1.29, 1.82) is 0 Å². The van der Waals surface area contributed by atoms with Gasteiger partial charge in [0.1, 0.15) is 0 Å². The molecule has 9 heteroatoms. The molecule has 0 saturated carbocycles. The summed E-state index contributed by atoms with van der Waals surface area (Å²) in [6.45, 7) is 0. The summed E-state index contributed by atoms with van der Waals surface area (Å²) in [7, 11) is 0. The minimum absolute atomic E-state index is 0.114. The molecule has 0 saturated heterocycles. The third-order valence-electron chi connectivity index (χ3n) is 2.06. The van der Waals surface area contributed by atoms with Gasteiger partial charge < -0.3 is 5.73 Å². The zero-order valence-electron chi connectivity index (χ0n) is 9.30. The molecule has 0 atom stereocenters. The zero-order valence-corrected chi connectivity index (χ0v) is 10.8. The van der Waals surface area contributed by atoms with Crippen molar-refractivity contribution in [2.45, 2.75) is 0 Å². The van der Waals surface area contributed by atoms with Crippen LogP contribution in [0.3, 0.4) is 0 Å². The Balaban J connectivity index is 2.04. The van der Waals surface area contributed by atoms with Gasteiger partial charge in [0.05, 0.1) is 11.2 Å². The van der Waals surface area contributed by atoms with Crippen molar-refractivity contribution in [1.82, 2.24) is 15.7 Å². The number of aromatic nitrogens is 2. The molecule has 0 spiro atoms. The molecule has 1 aromatic heterocycles. The Morgan fingerprint density at radius 1 is 1.42 bits per heavy atom. The molecule has 19 heavy (non-hydrogen) atoms. The van der Waals surface area contributed by atoms with E-state index in [4.69, 9.17) is 28.9 Å². The van der Waals surface area contributed by atoms with Crippen LogP contribution in [0.4, 0.5) is 5.82 Å². The molecule has 0 fully saturated rings. The number of benzene rings is 1. The first-order valence-electron chi connectivity index (χ1n) is 4.94. The highest BCUT2D eigenvalue weighted by Gasteiger charge is 2.14. The van der Waals surface area contributed by atoms with Gasteiger partial charge in [0.15, 0.2) is 0 Å². The average molecular weight is 300 g/mol. The highest BCUT2D eigenvalue weighted by atomic mass is 35.5. The topological polar surface area (TPSA) is 106 Å². The van der Waals surface area contributed by atoms with Gasteiger partial charge in [0, 0.05) is 10.6 Å². The van der Waals surface area contributed by atoms with Gasteiger partial charge in [-0.05, 0) is 22.4 Å².